The van der Waals surface area contributed by atoms with E-state index in [9.17, 15) is 4.39 Å². The van der Waals surface area contributed by atoms with Gasteiger partial charge in [0, 0.05) is 33.4 Å². The number of nitrogens with one attached hydrogen (secondary N) is 1. The van der Waals surface area contributed by atoms with Crippen LogP contribution in [0.2, 0.25) is 0 Å². The molecular weight excluding hydrogens is 323 g/mol. The summed E-state index contributed by atoms with van der Waals surface area (Å²) in [5.41, 5.74) is 2.75. The van der Waals surface area contributed by atoms with Crippen LogP contribution in [0.15, 0.2) is 6.20 Å². The van der Waals surface area contributed by atoms with Crippen LogP contribution in [0, 0.1) is 13.8 Å². The molecule has 132 valence electrons. The zero-order valence-electron chi connectivity index (χ0n) is 14.7. The van der Waals surface area contributed by atoms with Gasteiger partial charge in [-0.15, -0.1) is 9.61 Å². The average Bonchev–Trinajstić information content (AvgIpc) is 3.28. The highest BCUT2D eigenvalue weighted by molar-refractivity contribution is 5.34. The minimum Gasteiger partial charge on any atom is -0.337 e. The Labute approximate surface area is 144 Å². The van der Waals surface area contributed by atoms with Gasteiger partial charge in [0.2, 0.25) is 5.95 Å². The first kappa shape index (κ1) is 15.9. The molecule has 0 bridgehead atoms. The number of hydrogen-bond acceptors (Lipinski definition) is 5. The van der Waals surface area contributed by atoms with Crippen LogP contribution in [-0.4, -0.2) is 49.1 Å². The third kappa shape index (κ3) is 2.94. The Balaban J connectivity index is 1.51. The molecule has 9 heteroatoms. The van der Waals surface area contributed by atoms with E-state index < -0.39 is 6.17 Å². The van der Waals surface area contributed by atoms with Gasteiger partial charge in [0.15, 0.2) is 0 Å². The molecule has 0 amide bonds. The second kappa shape index (κ2) is 6.05. The zero-order valence-corrected chi connectivity index (χ0v) is 14.7. The van der Waals surface area contributed by atoms with Gasteiger partial charge in [0.1, 0.15) is 23.4 Å². The molecule has 1 saturated heterocycles. The maximum absolute atomic E-state index is 13.4. The number of nitrogens with zero attached hydrogens (tertiary/aromatic N) is 7. The van der Waals surface area contributed by atoms with Gasteiger partial charge in [0.25, 0.3) is 5.82 Å². The Hall–Kier alpha value is -2.58. The molecule has 1 aliphatic heterocycles. The average molecular weight is 345 g/mol. The first-order valence-electron chi connectivity index (χ1n) is 8.53. The molecule has 4 rings (SSSR count). The SMILES string of the molecule is Cc1ncc(C)[n+]2[nH]c(CCc3nc(N4CC[C@@H](F)C4)nn3C)nc12. The van der Waals surface area contributed by atoms with E-state index in [0.717, 1.165) is 35.1 Å². The summed E-state index contributed by atoms with van der Waals surface area (Å²) in [6.45, 7) is 5.00. The number of H-pyrrole nitrogens is 1. The van der Waals surface area contributed by atoms with Gasteiger partial charge in [-0.25, -0.2) is 9.37 Å². The van der Waals surface area contributed by atoms with Crippen molar-refractivity contribution in [1.82, 2.24) is 29.8 Å². The van der Waals surface area contributed by atoms with Crippen LogP contribution in [0.5, 0.6) is 0 Å². The van der Waals surface area contributed by atoms with E-state index in [4.69, 9.17) is 0 Å². The molecule has 0 aliphatic carbocycles. The van der Waals surface area contributed by atoms with Crippen molar-refractivity contribution in [2.75, 3.05) is 18.0 Å². The van der Waals surface area contributed by atoms with Gasteiger partial charge in [-0.05, 0) is 18.3 Å². The van der Waals surface area contributed by atoms with Crippen LogP contribution in [0.25, 0.3) is 5.65 Å². The summed E-state index contributed by atoms with van der Waals surface area (Å²) in [6, 6.07) is 0. The highest BCUT2D eigenvalue weighted by Gasteiger charge is 2.25. The first-order valence-corrected chi connectivity index (χ1v) is 8.53. The minimum absolute atomic E-state index is 0.384. The predicted octanol–water partition coefficient (Wildman–Crippen LogP) is 0.622. The fraction of sp³-hybridized carbons (Fsp3) is 0.562. The number of rotatable bonds is 4. The van der Waals surface area contributed by atoms with Crippen LogP contribution in [0.1, 0.15) is 29.5 Å². The van der Waals surface area contributed by atoms with Crippen molar-refractivity contribution in [1.29, 1.82) is 0 Å². The fourth-order valence-electron chi connectivity index (χ4n) is 3.18. The Morgan fingerprint density at radius 1 is 1.32 bits per heavy atom. The number of aryl methyl sites for hydroxylation is 5. The predicted molar refractivity (Wildman–Crippen MR) is 89.2 cm³/mol. The summed E-state index contributed by atoms with van der Waals surface area (Å²) >= 11 is 0. The standard InChI is InChI=1S/C16H21FN8/c1-10-8-18-11(2)15-19-13(21-25(10)15)4-5-14-20-16(22-23(14)3)24-7-6-12(17)9-24/h8,12H,4-7,9H2,1-3H3/p+1/t12-/m1/s1. The number of fused-ring (bicyclic) bond motifs is 1. The van der Waals surface area contributed by atoms with E-state index in [1.165, 1.54) is 0 Å². The summed E-state index contributed by atoms with van der Waals surface area (Å²) in [5, 5.41) is 7.74. The van der Waals surface area contributed by atoms with E-state index in [1.807, 2.05) is 36.5 Å². The molecule has 1 atom stereocenters. The molecule has 1 fully saturated rings. The lowest BCUT2D eigenvalue weighted by atomic mass is 10.3. The zero-order chi connectivity index (χ0) is 17.6. The summed E-state index contributed by atoms with van der Waals surface area (Å²) in [5.74, 6) is 2.37. The van der Waals surface area contributed by atoms with Crippen molar-refractivity contribution < 1.29 is 8.91 Å². The third-order valence-electron chi connectivity index (χ3n) is 4.66. The van der Waals surface area contributed by atoms with Crippen molar-refractivity contribution in [3.8, 4) is 0 Å². The number of hydrogen-bond donors (Lipinski definition) is 1. The summed E-state index contributed by atoms with van der Waals surface area (Å²) < 4.78 is 17.1. The van der Waals surface area contributed by atoms with Crippen LogP contribution >= 0.6 is 0 Å². The summed E-state index contributed by atoms with van der Waals surface area (Å²) in [4.78, 5) is 15.5. The van der Waals surface area contributed by atoms with Gasteiger partial charge in [-0.1, -0.05) is 0 Å². The molecule has 3 aromatic heterocycles. The summed E-state index contributed by atoms with van der Waals surface area (Å²) in [7, 11) is 1.88. The lowest BCUT2D eigenvalue weighted by Crippen LogP contribution is -2.28. The van der Waals surface area contributed by atoms with E-state index in [1.54, 1.807) is 4.68 Å². The highest BCUT2D eigenvalue weighted by atomic mass is 19.1. The monoisotopic (exact) mass is 345 g/mol. The largest absolute Gasteiger partial charge is 0.370 e. The molecule has 25 heavy (non-hydrogen) atoms. The number of alkyl halides is 1. The Morgan fingerprint density at radius 3 is 2.88 bits per heavy atom. The topological polar surface area (TPSA) is 79.6 Å². The molecule has 0 spiro atoms. The molecule has 8 nitrogen and oxygen atoms in total. The fourth-order valence-corrected chi connectivity index (χ4v) is 3.18. The van der Waals surface area contributed by atoms with Crippen molar-refractivity contribution in [3.05, 3.63) is 29.2 Å². The van der Waals surface area contributed by atoms with Crippen molar-refractivity contribution in [2.45, 2.75) is 39.3 Å². The normalized spacial score (nSPS) is 17.8. The molecule has 0 radical (unpaired) electrons. The molecule has 1 aliphatic rings. The lowest BCUT2D eigenvalue weighted by molar-refractivity contribution is -0.585. The molecule has 1 N–H and O–H groups in total. The lowest BCUT2D eigenvalue weighted by Gasteiger charge is -2.10. The quantitative estimate of drug-likeness (QED) is 0.702. The maximum atomic E-state index is 13.4. The van der Waals surface area contributed by atoms with Crippen LogP contribution in [0.4, 0.5) is 10.3 Å². The third-order valence-corrected chi connectivity index (χ3v) is 4.66. The first-order chi connectivity index (χ1) is 12.0. The van der Waals surface area contributed by atoms with E-state index in [0.29, 0.717) is 31.9 Å². The number of aromatic nitrogens is 7. The van der Waals surface area contributed by atoms with E-state index >= 15 is 0 Å². The van der Waals surface area contributed by atoms with E-state index in [2.05, 4.69) is 25.1 Å². The van der Waals surface area contributed by atoms with Gasteiger partial charge >= 0.3 is 5.65 Å². The summed E-state index contributed by atoms with van der Waals surface area (Å²) in [6.07, 6.45) is 3.03. The molecular formula is C16H22FN8+. The second-order valence-electron chi connectivity index (χ2n) is 6.60. The van der Waals surface area contributed by atoms with Gasteiger partial charge < -0.3 is 4.90 Å². The van der Waals surface area contributed by atoms with Crippen molar-refractivity contribution >= 4 is 11.6 Å². The van der Waals surface area contributed by atoms with Gasteiger partial charge in [-0.2, -0.15) is 10.1 Å². The highest BCUT2D eigenvalue weighted by Crippen LogP contribution is 2.19. The molecule has 0 aromatic carbocycles. The van der Waals surface area contributed by atoms with Crippen LogP contribution in [-0.2, 0) is 19.9 Å². The smallest absolute Gasteiger partial charge is 0.337 e. The maximum Gasteiger partial charge on any atom is 0.370 e. The van der Waals surface area contributed by atoms with Crippen molar-refractivity contribution in [3.63, 3.8) is 0 Å². The Bertz CT molecular complexity index is 875. The second-order valence-corrected chi connectivity index (χ2v) is 6.60. The van der Waals surface area contributed by atoms with Crippen LogP contribution in [0.3, 0.4) is 0 Å². The van der Waals surface area contributed by atoms with E-state index in [-0.39, 0.29) is 0 Å². The Morgan fingerprint density at radius 2 is 2.16 bits per heavy atom. The van der Waals surface area contributed by atoms with Gasteiger partial charge in [0.05, 0.1) is 12.7 Å². The van der Waals surface area contributed by atoms with Gasteiger partial charge in [-0.3, -0.25) is 4.68 Å². The minimum atomic E-state index is -0.778. The van der Waals surface area contributed by atoms with Crippen LogP contribution < -0.4 is 9.42 Å². The van der Waals surface area contributed by atoms with Crippen molar-refractivity contribution in [2.24, 2.45) is 7.05 Å². The molecule has 3 aromatic rings. The number of aromatic amines is 1. The molecule has 0 unspecified atom stereocenters. The Kier molecular flexibility index (Phi) is 3.85. The number of anilines is 1. The number of halogens is 1. The molecule has 4 heterocycles. The molecule has 0 saturated carbocycles.